The van der Waals surface area contributed by atoms with Gasteiger partial charge in [0.1, 0.15) is 0 Å². The van der Waals surface area contributed by atoms with Crippen LogP contribution in [-0.2, 0) is 21.4 Å². The highest BCUT2D eigenvalue weighted by Gasteiger charge is 2.30. The molecule has 1 heterocycles. The van der Waals surface area contributed by atoms with Crippen molar-refractivity contribution < 1.29 is 13.2 Å². The average Bonchev–Trinajstić information content (AvgIpc) is 2.72. The molecule has 5 nitrogen and oxygen atoms in total. The molecule has 3 rings (SSSR count). The molecule has 0 aliphatic carbocycles. The Morgan fingerprint density at radius 2 is 1.69 bits per heavy atom. The average molecular weight is 415 g/mol. The number of rotatable bonds is 7. The molecule has 1 fully saturated rings. The minimum atomic E-state index is -3.44. The molecule has 2 aromatic rings. The van der Waals surface area contributed by atoms with Crippen molar-refractivity contribution in [2.75, 3.05) is 13.1 Å². The second-order valence-electron chi connectivity index (χ2n) is 7.91. The van der Waals surface area contributed by atoms with Gasteiger partial charge in [-0.1, -0.05) is 48.0 Å². The number of carbonyl (C=O) groups is 1. The van der Waals surface area contributed by atoms with Gasteiger partial charge in [-0.25, -0.2) is 8.42 Å². The smallest absolute Gasteiger partial charge is 0.243 e. The van der Waals surface area contributed by atoms with Crippen LogP contribution in [0.5, 0.6) is 0 Å². The summed E-state index contributed by atoms with van der Waals surface area (Å²) in [6.45, 7) is 5.46. The van der Waals surface area contributed by atoms with Crippen LogP contribution in [0.4, 0.5) is 0 Å². The summed E-state index contributed by atoms with van der Waals surface area (Å²) in [5.74, 6) is 0.448. The Morgan fingerprint density at radius 1 is 1.03 bits per heavy atom. The number of carbonyl (C=O) groups excluding carboxylic acids is 1. The Labute approximate surface area is 174 Å². The molecule has 1 N–H and O–H groups in total. The Kier molecular flexibility index (Phi) is 7.09. The summed E-state index contributed by atoms with van der Waals surface area (Å²) in [4.78, 5) is 12.6. The first-order valence-electron chi connectivity index (χ1n) is 10.2. The molecule has 0 radical (unpaired) electrons. The molecule has 0 atom stereocenters. The molecule has 2 aromatic carbocycles. The van der Waals surface area contributed by atoms with Crippen LogP contribution in [0, 0.1) is 19.8 Å². The largest absolute Gasteiger partial charge is 0.352 e. The number of nitrogens with one attached hydrogen (secondary N) is 1. The molecule has 0 unspecified atom stereocenters. The number of nitrogens with zero attached hydrogens (tertiary/aromatic N) is 1. The Balaban J connectivity index is 1.43. The number of amides is 1. The SMILES string of the molecule is Cc1ccc(CNC(=O)CCC2CCN(S(=O)(=O)c3ccccc3C)CC2)cc1. The number of benzene rings is 2. The molecule has 156 valence electrons. The number of piperidine rings is 1. The third-order valence-corrected chi connectivity index (χ3v) is 7.73. The van der Waals surface area contributed by atoms with Crippen molar-refractivity contribution >= 4 is 15.9 Å². The number of hydrogen-bond acceptors (Lipinski definition) is 3. The summed E-state index contributed by atoms with van der Waals surface area (Å²) in [6, 6.07) is 15.3. The molecule has 1 aliphatic rings. The molecule has 0 spiro atoms. The zero-order valence-corrected chi connectivity index (χ0v) is 18.0. The minimum Gasteiger partial charge on any atom is -0.352 e. The third kappa shape index (κ3) is 5.67. The van der Waals surface area contributed by atoms with E-state index in [-0.39, 0.29) is 5.91 Å². The van der Waals surface area contributed by atoms with Crippen molar-refractivity contribution in [3.8, 4) is 0 Å². The molecule has 1 aliphatic heterocycles. The normalized spacial score (nSPS) is 15.9. The monoisotopic (exact) mass is 414 g/mol. The van der Waals surface area contributed by atoms with E-state index in [0.29, 0.717) is 36.9 Å². The van der Waals surface area contributed by atoms with Gasteiger partial charge in [0.05, 0.1) is 4.90 Å². The van der Waals surface area contributed by atoms with Crippen LogP contribution in [0.2, 0.25) is 0 Å². The summed E-state index contributed by atoms with van der Waals surface area (Å²) in [5.41, 5.74) is 3.08. The molecule has 29 heavy (non-hydrogen) atoms. The lowest BCUT2D eigenvalue weighted by Gasteiger charge is -2.31. The van der Waals surface area contributed by atoms with E-state index in [1.807, 2.05) is 50.2 Å². The van der Waals surface area contributed by atoms with Crippen molar-refractivity contribution in [3.63, 3.8) is 0 Å². The first-order chi connectivity index (χ1) is 13.9. The second-order valence-corrected chi connectivity index (χ2v) is 9.82. The van der Waals surface area contributed by atoms with E-state index in [9.17, 15) is 13.2 Å². The highest BCUT2D eigenvalue weighted by molar-refractivity contribution is 7.89. The van der Waals surface area contributed by atoms with Gasteiger partial charge < -0.3 is 5.32 Å². The van der Waals surface area contributed by atoms with Gasteiger partial charge >= 0.3 is 0 Å². The van der Waals surface area contributed by atoms with Gasteiger partial charge in [-0.2, -0.15) is 4.31 Å². The first-order valence-corrected chi connectivity index (χ1v) is 11.7. The zero-order chi connectivity index (χ0) is 20.9. The number of aryl methyl sites for hydroxylation is 2. The van der Waals surface area contributed by atoms with E-state index in [2.05, 4.69) is 5.32 Å². The maximum atomic E-state index is 12.9. The summed E-state index contributed by atoms with van der Waals surface area (Å²) >= 11 is 0. The van der Waals surface area contributed by atoms with E-state index in [0.717, 1.165) is 30.4 Å². The Hall–Kier alpha value is -2.18. The summed E-state index contributed by atoms with van der Waals surface area (Å²) in [6.07, 6.45) is 2.89. The highest BCUT2D eigenvalue weighted by Crippen LogP contribution is 2.27. The van der Waals surface area contributed by atoms with E-state index >= 15 is 0 Å². The van der Waals surface area contributed by atoms with Gasteiger partial charge in [-0.05, 0) is 56.2 Å². The molecule has 1 saturated heterocycles. The fourth-order valence-electron chi connectivity index (χ4n) is 3.75. The molecule has 6 heteroatoms. The van der Waals surface area contributed by atoms with E-state index < -0.39 is 10.0 Å². The zero-order valence-electron chi connectivity index (χ0n) is 17.2. The lowest BCUT2D eigenvalue weighted by Crippen LogP contribution is -2.39. The van der Waals surface area contributed by atoms with Crippen LogP contribution in [0.1, 0.15) is 42.4 Å². The van der Waals surface area contributed by atoms with E-state index in [1.165, 1.54) is 5.56 Å². The predicted octanol–water partition coefficient (Wildman–Crippen LogP) is 3.80. The summed E-state index contributed by atoms with van der Waals surface area (Å²) in [7, 11) is -3.44. The molecular weight excluding hydrogens is 384 g/mol. The fraction of sp³-hybridized carbons (Fsp3) is 0.435. The van der Waals surface area contributed by atoms with Gasteiger partial charge in [0, 0.05) is 26.1 Å². The van der Waals surface area contributed by atoms with E-state index in [1.54, 1.807) is 16.4 Å². The Morgan fingerprint density at radius 3 is 2.34 bits per heavy atom. The standard InChI is InChI=1S/C23H30N2O3S/c1-18-7-9-21(10-8-18)17-24-23(26)12-11-20-13-15-25(16-14-20)29(27,28)22-6-4-3-5-19(22)2/h3-10,20H,11-17H2,1-2H3,(H,24,26). The van der Waals surface area contributed by atoms with E-state index in [4.69, 9.17) is 0 Å². The summed E-state index contributed by atoms with van der Waals surface area (Å²) in [5, 5.41) is 2.97. The fourth-order valence-corrected chi connectivity index (χ4v) is 5.45. The van der Waals surface area contributed by atoms with Crippen molar-refractivity contribution in [3.05, 3.63) is 65.2 Å². The molecule has 0 aromatic heterocycles. The Bertz CT molecular complexity index is 931. The summed E-state index contributed by atoms with van der Waals surface area (Å²) < 4.78 is 27.4. The minimum absolute atomic E-state index is 0.0561. The molecule has 1 amide bonds. The second kappa shape index (κ2) is 9.55. The van der Waals surface area contributed by atoms with Crippen molar-refractivity contribution in [2.24, 2.45) is 5.92 Å². The number of hydrogen-bond donors (Lipinski definition) is 1. The van der Waals surface area contributed by atoms with Crippen LogP contribution >= 0.6 is 0 Å². The highest BCUT2D eigenvalue weighted by atomic mass is 32.2. The van der Waals surface area contributed by atoms with Crippen LogP contribution in [0.25, 0.3) is 0 Å². The predicted molar refractivity (Wildman–Crippen MR) is 115 cm³/mol. The van der Waals surface area contributed by atoms with Gasteiger partial charge in [-0.3, -0.25) is 4.79 Å². The van der Waals surface area contributed by atoms with Gasteiger partial charge in [-0.15, -0.1) is 0 Å². The van der Waals surface area contributed by atoms with Crippen LogP contribution in [0.15, 0.2) is 53.4 Å². The maximum Gasteiger partial charge on any atom is 0.243 e. The van der Waals surface area contributed by atoms with Gasteiger partial charge in [0.2, 0.25) is 15.9 Å². The third-order valence-electron chi connectivity index (χ3n) is 5.67. The van der Waals surface area contributed by atoms with Crippen molar-refractivity contribution in [1.29, 1.82) is 0 Å². The first kappa shape index (κ1) is 21.5. The van der Waals surface area contributed by atoms with Gasteiger partial charge in [0.15, 0.2) is 0 Å². The maximum absolute atomic E-state index is 12.9. The molecule has 0 saturated carbocycles. The van der Waals surface area contributed by atoms with Crippen LogP contribution < -0.4 is 5.32 Å². The van der Waals surface area contributed by atoms with Crippen LogP contribution in [-0.4, -0.2) is 31.7 Å². The van der Waals surface area contributed by atoms with Crippen molar-refractivity contribution in [1.82, 2.24) is 9.62 Å². The number of sulfonamides is 1. The topological polar surface area (TPSA) is 66.5 Å². The van der Waals surface area contributed by atoms with Crippen molar-refractivity contribution in [2.45, 2.75) is 51.0 Å². The molecular formula is C23H30N2O3S. The lowest BCUT2D eigenvalue weighted by atomic mass is 9.93. The lowest BCUT2D eigenvalue weighted by molar-refractivity contribution is -0.121. The molecule has 0 bridgehead atoms. The van der Waals surface area contributed by atoms with Gasteiger partial charge in [0.25, 0.3) is 0 Å². The quantitative estimate of drug-likeness (QED) is 0.749. The van der Waals surface area contributed by atoms with Crippen LogP contribution in [0.3, 0.4) is 0 Å².